The summed E-state index contributed by atoms with van der Waals surface area (Å²) in [5.41, 5.74) is 0.787. The fourth-order valence-corrected chi connectivity index (χ4v) is 2.32. The fraction of sp³-hybridized carbons (Fsp3) is 0.267. The maximum Gasteiger partial charge on any atom is 0.255 e. The molecule has 3 aromatic rings. The highest BCUT2D eigenvalue weighted by Gasteiger charge is 2.12. The topological polar surface area (TPSA) is 111 Å². The minimum atomic E-state index is -0.321. The van der Waals surface area contributed by atoms with Gasteiger partial charge in [0.2, 0.25) is 0 Å². The lowest BCUT2D eigenvalue weighted by Crippen LogP contribution is -2.25. The van der Waals surface area contributed by atoms with Gasteiger partial charge in [-0.05, 0) is 35.9 Å². The van der Waals surface area contributed by atoms with Crippen molar-refractivity contribution in [2.75, 3.05) is 6.54 Å². The summed E-state index contributed by atoms with van der Waals surface area (Å²) in [6.45, 7) is 3.21. The molecule has 9 nitrogen and oxygen atoms in total. The third-order valence-corrected chi connectivity index (χ3v) is 3.62. The van der Waals surface area contributed by atoms with E-state index in [1.54, 1.807) is 18.3 Å². The molecule has 1 aromatic carbocycles. The number of rotatable bonds is 6. The number of nitrogens with zero attached hydrogens (tertiary/aromatic N) is 6. The number of benzene rings is 1. The molecule has 9 heteroatoms. The van der Waals surface area contributed by atoms with Crippen LogP contribution in [-0.2, 0) is 6.54 Å². The first-order valence-electron chi connectivity index (χ1n) is 7.47. The lowest BCUT2D eigenvalue weighted by molar-refractivity contribution is 0.0950. The van der Waals surface area contributed by atoms with Gasteiger partial charge < -0.3 is 15.0 Å². The first-order valence-corrected chi connectivity index (χ1v) is 7.47. The number of aryl methyl sites for hydroxylation is 2. The number of amides is 1. The molecule has 0 bridgehead atoms. The molecule has 0 atom stereocenters. The summed E-state index contributed by atoms with van der Waals surface area (Å²) in [5, 5.41) is 23.6. The maximum absolute atomic E-state index is 12.2. The van der Waals surface area contributed by atoms with Crippen LogP contribution in [0.4, 0.5) is 0 Å². The van der Waals surface area contributed by atoms with Crippen LogP contribution in [0.5, 0.6) is 5.75 Å². The third-order valence-electron chi connectivity index (χ3n) is 3.62. The van der Waals surface area contributed by atoms with Crippen molar-refractivity contribution in [2.24, 2.45) is 0 Å². The number of hydrogen-bond donors (Lipinski definition) is 2. The number of nitrogens with one attached hydrogen (secondary N) is 1. The van der Waals surface area contributed by atoms with E-state index < -0.39 is 0 Å². The Morgan fingerprint density at radius 2 is 2.25 bits per heavy atom. The zero-order valence-corrected chi connectivity index (χ0v) is 13.1. The average molecular weight is 327 g/mol. The molecule has 0 unspecified atom stereocenters. The second-order valence-corrected chi connectivity index (χ2v) is 5.23. The van der Waals surface area contributed by atoms with Crippen LogP contribution in [0.2, 0.25) is 0 Å². The highest BCUT2D eigenvalue weighted by Crippen LogP contribution is 2.20. The number of imidazole rings is 1. The maximum atomic E-state index is 12.2. The van der Waals surface area contributed by atoms with Crippen molar-refractivity contribution in [3.8, 4) is 11.4 Å². The molecule has 1 amide bonds. The van der Waals surface area contributed by atoms with Crippen LogP contribution in [-0.4, -0.2) is 47.3 Å². The number of hydrogen-bond acceptors (Lipinski definition) is 6. The van der Waals surface area contributed by atoms with Gasteiger partial charge in [0.25, 0.3) is 5.91 Å². The number of aromatic hydroxyl groups is 1. The van der Waals surface area contributed by atoms with Crippen LogP contribution in [0, 0.1) is 6.92 Å². The highest BCUT2D eigenvalue weighted by molar-refractivity contribution is 5.97. The average Bonchev–Trinajstić information content (AvgIpc) is 3.23. The van der Waals surface area contributed by atoms with Crippen molar-refractivity contribution in [1.29, 1.82) is 0 Å². The van der Waals surface area contributed by atoms with E-state index in [4.69, 9.17) is 0 Å². The Kier molecular flexibility index (Phi) is 4.50. The van der Waals surface area contributed by atoms with Crippen LogP contribution in [0.3, 0.4) is 0 Å². The second-order valence-electron chi connectivity index (χ2n) is 5.23. The molecular formula is C15H17N7O2. The largest absolute Gasteiger partial charge is 0.507 e. The van der Waals surface area contributed by atoms with Gasteiger partial charge in [-0.3, -0.25) is 4.79 Å². The third kappa shape index (κ3) is 3.40. The molecule has 124 valence electrons. The van der Waals surface area contributed by atoms with E-state index >= 15 is 0 Å². The van der Waals surface area contributed by atoms with E-state index in [-0.39, 0.29) is 17.2 Å². The Hall–Kier alpha value is -3.23. The van der Waals surface area contributed by atoms with Gasteiger partial charge in [0.15, 0.2) is 0 Å². The molecule has 2 heterocycles. The minimum absolute atomic E-state index is 0.119. The van der Waals surface area contributed by atoms with E-state index in [1.807, 2.05) is 17.7 Å². The van der Waals surface area contributed by atoms with Crippen LogP contribution in [0.1, 0.15) is 22.6 Å². The van der Waals surface area contributed by atoms with Crippen LogP contribution in [0.15, 0.2) is 36.9 Å². The number of carbonyl (C=O) groups is 1. The summed E-state index contributed by atoms with van der Waals surface area (Å²) in [7, 11) is 0. The normalized spacial score (nSPS) is 10.7. The zero-order valence-electron chi connectivity index (χ0n) is 13.1. The van der Waals surface area contributed by atoms with Crippen molar-refractivity contribution in [2.45, 2.75) is 19.9 Å². The van der Waals surface area contributed by atoms with Crippen molar-refractivity contribution in [3.05, 3.63) is 48.3 Å². The van der Waals surface area contributed by atoms with E-state index in [0.29, 0.717) is 12.2 Å². The molecule has 2 aromatic heterocycles. The van der Waals surface area contributed by atoms with Gasteiger partial charge >= 0.3 is 0 Å². The molecule has 0 aliphatic carbocycles. The van der Waals surface area contributed by atoms with Gasteiger partial charge in [-0.25, -0.2) is 9.67 Å². The first-order chi connectivity index (χ1) is 11.6. The Balaban J connectivity index is 1.56. The van der Waals surface area contributed by atoms with Gasteiger partial charge in [0, 0.05) is 31.5 Å². The van der Waals surface area contributed by atoms with Crippen LogP contribution >= 0.6 is 0 Å². The van der Waals surface area contributed by atoms with Gasteiger partial charge in [-0.15, -0.1) is 5.10 Å². The smallest absolute Gasteiger partial charge is 0.255 e. The van der Waals surface area contributed by atoms with Gasteiger partial charge in [-0.1, -0.05) is 0 Å². The Morgan fingerprint density at radius 1 is 1.38 bits per heavy atom. The summed E-state index contributed by atoms with van der Waals surface area (Å²) >= 11 is 0. The van der Waals surface area contributed by atoms with Crippen molar-refractivity contribution >= 4 is 5.91 Å². The summed E-state index contributed by atoms with van der Waals surface area (Å²) in [6.07, 6.45) is 5.83. The highest BCUT2D eigenvalue weighted by atomic mass is 16.3. The number of aromatic nitrogens is 6. The molecule has 0 fully saturated rings. The Labute approximate surface area is 137 Å². The molecule has 0 spiro atoms. The molecule has 24 heavy (non-hydrogen) atoms. The van der Waals surface area contributed by atoms with Crippen molar-refractivity contribution in [1.82, 2.24) is 35.1 Å². The summed E-state index contributed by atoms with van der Waals surface area (Å²) in [6, 6.07) is 4.65. The predicted molar refractivity (Wildman–Crippen MR) is 84.7 cm³/mol. The fourth-order valence-electron chi connectivity index (χ4n) is 2.32. The lowest BCUT2D eigenvalue weighted by atomic mass is 10.1. The lowest BCUT2D eigenvalue weighted by Gasteiger charge is -2.09. The second kappa shape index (κ2) is 6.90. The summed E-state index contributed by atoms with van der Waals surface area (Å²) < 4.78 is 3.42. The first kappa shape index (κ1) is 15.7. The molecular weight excluding hydrogens is 310 g/mol. The standard InChI is InChI=1S/C15H17N7O2/c1-11-16-6-8-21(11)7-2-5-17-15(24)13-4-3-12(9-14(13)23)22-10-18-19-20-22/h3-4,6,8-10,23H,2,5,7H2,1H3,(H,17,24). The molecule has 2 N–H and O–H groups in total. The molecule has 0 aliphatic rings. The van der Waals surface area contributed by atoms with Gasteiger partial charge in [0.05, 0.1) is 11.3 Å². The van der Waals surface area contributed by atoms with Gasteiger partial charge in [0.1, 0.15) is 17.9 Å². The Bertz CT molecular complexity index is 826. The van der Waals surface area contributed by atoms with Crippen molar-refractivity contribution in [3.63, 3.8) is 0 Å². The molecule has 3 rings (SSSR count). The summed E-state index contributed by atoms with van der Waals surface area (Å²) in [4.78, 5) is 16.3. The Morgan fingerprint density at radius 3 is 2.92 bits per heavy atom. The molecule has 0 saturated heterocycles. The van der Waals surface area contributed by atoms with Crippen LogP contribution < -0.4 is 5.32 Å². The van der Waals surface area contributed by atoms with Crippen molar-refractivity contribution < 1.29 is 9.90 Å². The zero-order chi connectivity index (χ0) is 16.9. The number of phenols is 1. The summed E-state index contributed by atoms with van der Waals surface area (Å²) in [5.74, 6) is 0.501. The number of phenolic OH excluding ortho intramolecular Hbond substituents is 1. The SMILES string of the molecule is Cc1nccn1CCCNC(=O)c1ccc(-n2cnnn2)cc1O. The van der Waals surface area contributed by atoms with E-state index in [0.717, 1.165) is 18.8 Å². The number of carbonyl (C=O) groups excluding carboxylic acids is 1. The monoisotopic (exact) mass is 327 g/mol. The number of tetrazole rings is 1. The molecule has 0 radical (unpaired) electrons. The molecule has 0 aliphatic heterocycles. The van der Waals surface area contributed by atoms with E-state index in [2.05, 4.69) is 25.8 Å². The van der Waals surface area contributed by atoms with Crippen LogP contribution in [0.25, 0.3) is 5.69 Å². The predicted octanol–water partition coefficient (Wildman–Crippen LogP) is 0.693. The van der Waals surface area contributed by atoms with Gasteiger partial charge in [-0.2, -0.15) is 0 Å². The van der Waals surface area contributed by atoms with E-state index in [1.165, 1.54) is 17.1 Å². The van der Waals surface area contributed by atoms with E-state index in [9.17, 15) is 9.90 Å². The minimum Gasteiger partial charge on any atom is -0.507 e. The quantitative estimate of drug-likeness (QED) is 0.645. The molecule has 0 saturated carbocycles.